The maximum Gasteiger partial charge on any atom is 0.170 e. The molecule has 1 fully saturated rings. The normalized spacial score (nSPS) is 14.9. The Morgan fingerprint density at radius 3 is 2.84 bits per heavy atom. The smallest absolute Gasteiger partial charge is 0.170 e. The van der Waals surface area contributed by atoms with Gasteiger partial charge in [0.25, 0.3) is 0 Å². The van der Waals surface area contributed by atoms with E-state index in [-0.39, 0.29) is 0 Å². The fourth-order valence-electron chi connectivity index (χ4n) is 1.71. The number of halogens is 3. The first kappa shape index (κ1) is 13.3. The van der Waals surface area contributed by atoms with E-state index in [1.165, 1.54) is 12.8 Å². The Morgan fingerprint density at radius 2 is 2.11 bits per heavy atom. The quantitative estimate of drug-likeness (QED) is 0.849. The molecule has 3 rings (SSSR count). The zero-order chi connectivity index (χ0) is 13.4. The molecule has 0 aliphatic heterocycles. The Morgan fingerprint density at radius 1 is 1.32 bits per heavy atom. The van der Waals surface area contributed by atoms with Crippen molar-refractivity contribution in [1.29, 1.82) is 0 Å². The topological polar surface area (TPSA) is 55.6 Å². The van der Waals surface area contributed by atoms with Gasteiger partial charge in [-0.3, -0.25) is 0 Å². The summed E-state index contributed by atoms with van der Waals surface area (Å²) in [7, 11) is 0. The van der Waals surface area contributed by atoms with Crippen LogP contribution in [-0.4, -0.2) is 26.2 Å². The molecule has 0 amide bonds. The molecule has 1 aliphatic rings. The van der Waals surface area contributed by atoms with Crippen molar-refractivity contribution in [3.05, 3.63) is 32.5 Å². The summed E-state index contributed by atoms with van der Waals surface area (Å²) in [4.78, 5) is 0. The van der Waals surface area contributed by atoms with Gasteiger partial charge in [0.2, 0.25) is 0 Å². The van der Waals surface area contributed by atoms with E-state index in [0.717, 1.165) is 4.47 Å². The highest BCUT2D eigenvalue weighted by Gasteiger charge is 2.22. The molecule has 5 nitrogen and oxygen atoms in total. The minimum atomic E-state index is 0.427. The molecular weight excluding hydrogens is 353 g/mol. The Labute approximate surface area is 128 Å². The highest BCUT2D eigenvalue weighted by Crippen LogP contribution is 2.34. The minimum Gasteiger partial charge on any atom is -0.307 e. The van der Waals surface area contributed by atoms with Crippen LogP contribution in [0, 0.1) is 0 Å². The van der Waals surface area contributed by atoms with Gasteiger partial charge in [-0.2, -0.15) is 4.68 Å². The van der Waals surface area contributed by atoms with E-state index >= 15 is 0 Å². The van der Waals surface area contributed by atoms with E-state index in [4.69, 9.17) is 23.2 Å². The number of nitrogens with zero attached hydrogens (tertiary/aromatic N) is 4. The average Bonchev–Trinajstić information content (AvgIpc) is 3.12. The van der Waals surface area contributed by atoms with Crippen LogP contribution in [0.3, 0.4) is 0 Å². The maximum absolute atomic E-state index is 6.24. The fraction of sp³-hybridized carbons (Fsp3) is 0.364. The van der Waals surface area contributed by atoms with Crippen molar-refractivity contribution < 1.29 is 0 Å². The van der Waals surface area contributed by atoms with Crippen molar-refractivity contribution >= 4 is 39.1 Å². The summed E-state index contributed by atoms with van der Waals surface area (Å²) in [6.07, 6.45) is 2.43. The van der Waals surface area contributed by atoms with Gasteiger partial charge in [-0.05, 0) is 51.3 Å². The molecule has 1 aromatic carbocycles. The Kier molecular flexibility index (Phi) is 3.75. The third-order valence-corrected chi connectivity index (χ3v) is 4.66. The number of nitrogens with one attached hydrogen (secondary N) is 1. The van der Waals surface area contributed by atoms with Crippen molar-refractivity contribution in [2.24, 2.45) is 0 Å². The predicted molar refractivity (Wildman–Crippen MR) is 76.7 cm³/mol. The van der Waals surface area contributed by atoms with E-state index in [0.29, 0.717) is 34.1 Å². The van der Waals surface area contributed by atoms with Crippen LogP contribution in [0.4, 0.5) is 0 Å². The van der Waals surface area contributed by atoms with Gasteiger partial charge in [-0.1, -0.05) is 23.2 Å². The average molecular weight is 363 g/mol. The third kappa shape index (κ3) is 2.76. The Balaban J connectivity index is 1.93. The highest BCUT2D eigenvalue weighted by molar-refractivity contribution is 9.10. The first-order valence-corrected chi connectivity index (χ1v) is 7.36. The fourth-order valence-corrected chi connectivity index (χ4v) is 2.55. The van der Waals surface area contributed by atoms with Gasteiger partial charge in [-0.25, -0.2) is 0 Å². The van der Waals surface area contributed by atoms with Gasteiger partial charge < -0.3 is 5.32 Å². The van der Waals surface area contributed by atoms with Gasteiger partial charge >= 0.3 is 0 Å². The summed E-state index contributed by atoms with van der Waals surface area (Å²) in [5.41, 5.74) is 0.674. The van der Waals surface area contributed by atoms with E-state index in [1.54, 1.807) is 4.68 Å². The Hall–Kier alpha value is -0.690. The van der Waals surface area contributed by atoms with Gasteiger partial charge in [-0.15, -0.1) is 5.10 Å². The van der Waals surface area contributed by atoms with Crippen molar-refractivity contribution in [2.45, 2.75) is 25.4 Å². The number of benzene rings is 1. The first-order valence-electron chi connectivity index (χ1n) is 5.81. The maximum atomic E-state index is 6.24. The minimum absolute atomic E-state index is 0.427. The summed E-state index contributed by atoms with van der Waals surface area (Å²) in [5.74, 6) is 0.715. The van der Waals surface area contributed by atoms with Crippen molar-refractivity contribution in [1.82, 2.24) is 25.5 Å². The molecule has 1 heterocycles. The molecule has 0 radical (unpaired) electrons. The van der Waals surface area contributed by atoms with Crippen molar-refractivity contribution in [3.63, 3.8) is 0 Å². The monoisotopic (exact) mass is 361 g/mol. The number of aromatic nitrogens is 4. The predicted octanol–water partition coefficient (Wildman–Crippen LogP) is 2.98. The van der Waals surface area contributed by atoms with Gasteiger partial charge in [0, 0.05) is 10.5 Å². The van der Waals surface area contributed by atoms with Gasteiger partial charge in [0.1, 0.15) is 0 Å². The number of hydrogen-bond donors (Lipinski definition) is 1. The summed E-state index contributed by atoms with van der Waals surface area (Å²) in [6, 6.07) is 4.24. The zero-order valence-corrected chi connectivity index (χ0v) is 12.9. The van der Waals surface area contributed by atoms with E-state index < -0.39 is 0 Å². The molecule has 0 bridgehead atoms. The first-order chi connectivity index (χ1) is 9.16. The second-order valence-electron chi connectivity index (χ2n) is 4.36. The molecule has 2 aromatic rings. The Bertz CT molecular complexity index is 611. The summed E-state index contributed by atoms with van der Waals surface area (Å²) < 4.78 is 2.35. The molecule has 8 heteroatoms. The van der Waals surface area contributed by atoms with Crippen LogP contribution in [0.1, 0.15) is 18.7 Å². The summed E-state index contributed by atoms with van der Waals surface area (Å²) >= 11 is 15.7. The second-order valence-corrected chi connectivity index (χ2v) is 5.97. The molecule has 19 heavy (non-hydrogen) atoms. The third-order valence-electron chi connectivity index (χ3n) is 2.90. The molecule has 100 valence electrons. The molecule has 0 unspecified atom stereocenters. The van der Waals surface area contributed by atoms with Crippen LogP contribution in [0.5, 0.6) is 0 Å². The standard InChI is InChI=1S/C11H10BrCl2N5/c12-7-3-4-8(11(14)10(7)13)19-9(16-17-18-19)5-15-6-1-2-6/h3-4,6,15H,1-2,5H2. The second kappa shape index (κ2) is 5.36. The largest absolute Gasteiger partial charge is 0.307 e. The summed E-state index contributed by atoms with van der Waals surface area (Å²) in [6.45, 7) is 0.613. The van der Waals surface area contributed by atoms with Crippen LogP contribution in [-0.2, 0) is 6.54 Å². The lowest BCUT2D eigenvalue weighted by atomic mass is 10.3. The van der Waals surface area contributed by atoms with Gasteiger partial charge in [0.05, 0.1) is 22.3 Å². The lowest BCUT2D eigenvalue weighted by molar-refractivity contribution is 0.638. The number of tetrazole rings is 1. The lowest BCUT2D eigenvalue weighted by Crippen LogP contribution is -2.19. The molecule has 1 saturated carbocycles. The lowest BCUT2D eigenvalue weighted by Gasteiger charge is -2.09. The SMILES string of the molecule is Clc1c(Br)ccc(-n2nnnc2CNC2CC2)c1Cl. The number of rotatable bonds is 4. The molecular formula is C11H10BrCl2N5. The molecule has 0 atom stereocenters. The van der Waals surface area contributed by atoms with E-state index in [9.17, 15) is 0 Å². The molecule has 1 N–H and O–H groups in total. The van der Waals surface area contributed by atoms with Crippen LogP contribution in [0.15, 0.2) is 16.6 Å². The van der Waals surface area contributed by atoms with Gasteiger partial charge in [0.15, 0.2) is 5.82 Å². The molecule has 1 aromatic heterocycles. The zero-order valence-electron chi connectivity index (χ0n) is 9.78. The van der Waals surface area contributed by atoms with Crippen molar-refractivity contribution in [3.8, 4) is 5.69 Å². The van der Waals surface area contributed by atoms with Crippen molar-refractivity contribution in [2.75, 3.05) is 0 Å². The molecule has 0 saturated heterocycles. The van der Waals surface area contributed by atoms with Crippen LogP contribution in [0.2, 0.25) is 10.0 Å². The summed E-state index contributed by atoms with van der Waals surface area (Å²) in [5, 5.41) is 15.9. The van der Waals surface area contributed by atoms with E-state index in [2.05, 4.69) is 36.8 Å². The molecule has 1 aliphatic carbocycles. The van der Waals surface area contributed by atoms with Crippen LogP contribution >= 0.6 is 39.1 Å². The van der Waals surface area contributed by atoms with Crippen LogP contribution in [0.25, 0.3) is 5.69 Å². The highest BCUT2D eigenvalue weighted by atomic mass is 79.9. The number of hydrogen-bond acceptors (Lipinski definition) is 4. The van der Waals surface area contributed by atoms with E-state index in [1.807, 2.05) is 12.1 Å². The molecule has 0 spiro atoms. The van der Waals surface area contributed by atoms with Crippen LogP contribution < -0.4 is 5.32 Å².